The van der Waals surface area contributed by atoms with Crippen molar-refractivity contribution < 1.29 is 17.6 Å². The minimum Gasteiger partial charge on any atom is -0.345 e. The first kappa shape index (κ1) is 19.2. The molecule has 0 spiro atoms. The van der Waals surface area contributed by atoms with E-state index in [9.17, 15) is 17.6 Å². The van der Waals surface area contributed by atoms with E-state index < -0.39 is 26.6 Å². The third-order valence-electron chi connectivity index (χ3n) is 4.97. The molecule has 1 aliphatic carbocycles. The van der Waals surface area contributed by atoms with Crippen LogP contribution in [0, 0.1) is 10.6 Å². The quantitative estimate of drug-likeness (QED) is 0.691. The number of nitrogens with zero attached hydrogens (tertiary/aromatic N) is 3. The largest absolute Gasteiger partial charge is 0.345 e. The predicted octanol–water partition coefficient (Wildman–Crippen LogP) is 2.13. The molecule has 28 heavy (non-hydrogen) atoms. The molecule has 1 aliphatic heterocycles. The molecule has 2 fully saturated rings. The summed E-state index contributed by atoms with van der Waals surface area (Å²) in [5.74, 6) is -0.764. The Morgan fingerprint density at radius 2 is 2.04 bits per heavy atom. The number of halogens is 1. The highest BCUT2D eigenvalue weighted by Gasteiger charge is 2.31. The van der Waals surface area contributed by atoms with E-state index in [0.717, 1.165) is 37.8 Å². The third kappa shape index (κ3) is 3.61. The number of benzene rings is 1. The molecular formula is C17H20FN5O3S2. The number of H-pyrrole nitrogens is 1. The molecular weight excluding hydrogens is 405 g/mol. The molecule has 0 unspecified atom stereocenters. The number of sulfonamides is 1. The van der Waals surface area contributed by atoms with Crippen molar-refractivity contribution in [3.05, 3.63) is 40.2 Å². The lowest BCUT2D eigenvalue weighted by molar-refractivity contribution is 0.0949. The van der Waals surface area contributed by atoms with Crippen LogP contribution < -0.4 is 5.32 Å². The highest BCUT2D eigenvalue weighted by molar-refractivity contribution is 7.89. The molecule has 4 rings (SSSR count). The Hall–Kier alpha value is -2.11. The molecule has 1 amide bonds. The van der Waals surface area contributed by atoms with Gasteiger partial charge < -0.3 is 5.32 Å². The second-order valence-electron chi connectivity index (χ2n) is 6.99. The molecule has 1 saturated heterocycles. The summed E-state index contributed by atoms with van der Waals surface area (Å²) in [6.07, 6.45) is 3.53. The second-order valence-corrected chi connectivity index (χ2v) is 9.28. The standard InChI is InChI=1S/C17H20FN5O3S2/c18-13-6-3-11(9-14(13)28(25,26)22-7-1-2-8-22)16(24)19-10-15-20-21-17(27)23(15)12-4-5-12/h3,6,9,12H,1-2,4-5,7-8,10H2,(H,19,24)(H,21,27). The summed E-state index contributed by atoms with van der Waals surface area (Å²) in [6, 6.07) is 3.68. The first-order chi connectivity index (χ1) is 13.4. The molecule has 2 aromatic rings. The van der Waals surface area contributed by atoms with Gasteiger partial charge in [0, 0.05) is 24.7 Å². The molecule has 8 nitrogen and oxygen atoms in total. The number of nitrogens with one attached hydrogen (secondary N) is 2. The fourth-order valence-corrected chi connectivity index (χ4v) is 5.25. The number of amides is 1. The molecule has 150 valence electrons. The Bertz CT molecular complexity index is 1070. The van der Waals surface area contributed by atoms with Gasteiger partial charge in [-0.1, -0.05) is 0 Å². The Balaban J connectivity index is 1.53. The van der Waals surface area contributed by atoms with E-state index in [1.54, 1.807) is 0 Å². The molecule has 1 saturated carbocycles. The molecule has 0 atom stereocenters. The van der Waals surface area contributed by atoms with Crippen LogP contribution in [0.3, 0.4) is 0 Å². The maximum absolute atomic E-state index is 14.2. The first-order valence-corrected chi connectivity index (χ1v) is 11.0. The number of aromatic amines is 1. The van der Waals surface area contributed by atoms with Crippen LogP contribution in [-0.4, -0.2) is 46.5 Å². The Morgan fingerprint density at radius 3 is 2.71 bits per heavy atom. The maximum atomic E-state index is 14.2. The van der Waals surface area contributed by atoms with Crippen LogP contribution in [0.1, 0.15) is 47.9 Å². The average molecular weight is 426 g/mol. The van der Waals surface area contributed by atoms with Crippen LogP contribution in [0.2, 0.25) is 0 Å². The summed E-state index contributed by atoms with van der Waals surface area (Å²) in [6.45, 7) is 0.859. The van der Waals surface area contributed by atoms with Crippen LogP contribution in [0.15, 0.2) is 23.1 Å². The number of hydrogen-bond donors (Lipinski definition) is 2. The van der Waals surface area contributed by atoms with Gasteiger partial charge in [-0.2, -0.15) is 9.40 Å². The summed E-state index contributed by atoms with van der Waals surface area (Å²) in [7, 11) is -3.96. The Morgan fingerprint density at radius 1 is 1.32 bits per heavy atom. The maximum Gasteiger partial charge on any atom is 0.251 e. The highest BCUT2D eigenvalue weighted by Crippen LogP contribution is 2.35. The zero-order valence-corrected chi connectivity index (χ0v) is 16.7. The summed E-state index contributed by atoms with van der Waals surface area (Å²) in [5.41, 5.74) is 0.0753. The topological polar surface area (TPSA) is 100 Å². The third-order valence-corrected chi connectivity index (χ3v) is 7.17. The molecule has 2 heterocycles. The van der Waals surface area contributed by atoms with Crippen molar-refractivity contribution in [3.63, 3.8) is 0 Å². The number of rotatable bonds is 6. The van der Waals surface area contributed by atoms with Crippen LogP contribution in [0.25, 0.3) is 0 Å². The molecule has 2 aliphatic rings. The van der Waals surface area contributed by atoms with Crippen molar-refractivity contribution in [1.82, 2.24) is 24.4 Å². The zero-order valence-electron chi connectivity index (χ0n) is 15.0. The Labute approximate surface area is 166 Å². The lowest BCUT2D eigenvalue weighted by Gasteiger charge is -2.16. The van der Waals surface area contributed by atoms with Crippen LogP contribution in [0.5, 0.6) is 0 Å². The van der Waals surface area contributed by atoms with Crippen molar-refractivity contribution >= 4 is 28.1 Å². The van der Waals surface area contributed by atoms with Crippen molar-refractivity contribution in [2.45, 2.75) is 43.2 Å². The van der Waals surface area contributed by atoms with Gasteiger partial charge in [-0.05, 0) is 56.1 Å². The SMILES string of the molecule is O=C(NCc1n[nH]c(=S)n1C1CC1)c1ccc(F)c(S(=O)(=O)N2CCCC2)c1. The van der Waals surface area contributed by atoms with Gasteiger partial charge in [-0.3, -0.25) is 14.5 Å². The Kier molecular flexibility index (Phi) is 5.06. The van der Waals surface area contributed by atoms with Crippen LogP contribution in [-0.2, 0) is 16.6 Å². The average Bonchev–Trinajstić information content (AvgIpc) is 3.19. The molecule has 1 aromatic carbocycles. The van der Waals surface area contributed by atoms with Crippen molar-refractivity contribution in [2.75, 3.05) is 13.1 Å². The van der Waals surface area contributed by atoms with Gasteiger partial charge in [0.1, 0.15) is 10.7 Å². The molecule has 0 radical (unpaired) electrons. The fraction of sp³-hybridized carbons (Fsp3) is 0.471. The number of carbonyl (C=O) groups excluding carboxylic acids is 1. The van der Waals surface area contributed by atoms with Crippen molar-refractivity contribution in [3.8, 4) is 0 Å². The second kappa shape index (κ2) is 7.37. The molecule has 11 heteroatoms. The van der Waals surface area contributed by atoms with E-state index in [1.165, 1.54) is 10.4 Å². The minimum atomic E-state index is -3.96. The normalized spacial score (nSPS) is 17.8. The number of carbonyl (C=O) groups is 1. The van der Waals surface area contributed by atoms with Gasteiger partial charge in [-0.25, -0.2) is 12.8 Å². The van der Waals surface area contributed by atoms with E-state index in [0.29, 0.717) is 29.7 Å². The van der Waals surface area contributed by atoms with Crippen LogP contribution >= 0.6 is 12.2 Å². The van der Waals surface area contributed by atoms with Gasteiger partial charge >= 0.3 is 0 Å². The summed E-state index contributed by atoms with van der Waals surface area (Å²) in [5, 5.41) is 9.55. The smallest absolute Gasteiger partial charge is 0.251 e. The van der Waals surface area contributed by atoms with Gasteiger partial charge in [0.05, 0.1) is 6.54 Å². The van der Waals surface area contributed by atoms with Gasteiger partial charge in [0.25, 0.3) is 5.91 Å². The van der Waals surface area contributed by atoms with Gasteiger partial charge in [0.15, 0.2) is 10.6 Å². The highest BCUT2D eigenvalue weighted by atomic mass is 32.2. The molecule has 1 aromatic heterocycles. The summed E-state index contributed by atoms with van der Waals surface area (Å²) < 4.78 is 43.2. The van der Waals surface area contributed by atoms with E-state index in [-0.39, 0.29) is 12.1 Å². The minimum absolute atomic E-state index is 0.0753. The molecule has 2 N–H and O–H groups in total. The summed E-state index contributed by atoms with van der Waals surface area (Å²) in [4.78, 5) is 12.0. The van der Waals surface area contributed by atoms with E-state index in [1.807, 2.05) is 4.57 Å². The van der Waals surface area contributed by atoms with Crippen LogP contribution in [0.4, 0.5) is 4.39 Å². The van der Waals surface area contributed by atoms with E-state index in [4.69, 9.17) is 12.2 Å². The van der Waals surface area contributed by atoms with Gasteiger partial charge in [0.2, 0.25) is 10.0 Å². The summed E-state index contributed by atoms with van der Waals surface area (Å²) >= 11 is 5.21. The molecule has 0 bridgehead atoms. The predicted molar refractivity (Wildman–Crippen MR) is 101 cm³/mol. The van der Waals surface area contributed by atoms with E-state index in [2.05, 4.69) is 15.5 Å². The number of hydrogen-bond acceptors (Lipinski definition) is 5. The number of aromatic nitrogens is 3. The fourth-order valence-electron chi connectivity index (χ4n) is 3.34. The first-order valence-electron chi connectivity index (χ1n) is 9.11. The van der Waals surface area contributed by atoms with Crippen molar-refractivity contribution in [2.24, 2.45) is 0 Å². The van der Waals surface area contributed by atoms with Gasteiger partial charge in [-0.15, -0.1) is 0 Å². The van der Waals surface area contributed by atoms with Crippen molar-refractivity contribution in [1.29, 1.82) is 0 Å². The monoisotopic (exact) mass is 425 g/mol. The van der Waals surface area contributed by atoms with E-state index >= 15 is 0 Å². The lowest BCUT2D eigenvalue weighted by Crippen LogP contribution is -2.29. The lowest BCUT2D eigenvalue weighted by atomic mass is 10.2. The zero-order chi connectivity index (χ0) is 19.9.